The number of halogens is 1. The summed E-state index contributed by atoms with van der Waals surface area (Å²) < 4.78 is 24.3. The zero-order chi connectivity index (χ0) is 24.6. The van der Waals surface area contributed by atoms with Gasteiger partial charge < -0.3 is 20.1 Å². The summed E-state index contributed by atoms with van der Waals surface area (Å²) >= 11 is 0. The number of methoxy groups -OCH3 is 1. The molecule has 0 unspecified atom stereocenters. The Kier molecular flexibility index (Phi) is 7.32. The number of amides is 2. The minimum absolute atomic E-state index is 0.109. The highest BCUT2D eigenvalue weighted by molar-refractivity contribution is 6.09. The lowest BCUT2D eigenvalue weighted by molar-refractivity contribution is 0.0951. The van der Waals surface area contributed by atoms with Crippen LogP contribution in [0.4, 0.5) is 10.1 Å². The molecule has 0 radical (unpaired) electrons. The fourth-order valence-electron chi connectivity index (χ4n) is 3.29. The molecule has 1 aromatic heterocycles. The molecule has 0 bridgehead atoms. The number of benzene rings is 3. The van der Waals surface area contributed by atoms with Gasteiger partial charge in [-0.05, 0) is 54.6 Å². The van der Waals surface area contributed by atoms with E-state index in [2.05, 4.69) is 15.6 Å². The van der Waals surface area contributed by atoms with Crippen LogP contribution in [0.3, 0.4) is 0 Å². The summed E-state index contributed by atoms with van der Waals surface area (Å²) in [6.45, 7) is 0.109. The van der Waals surface area contributed by atoms with E-state index in [1.165, 1.54) is 18.2 Å². The zero-order valence-corrected chi connectivity index (χ0v) is 18.8. The molecule has 1 heterocycles. The van der Waals surface area contributed by atoms with E-state index < -0.39 is 11.7 Å². The summed E-state index contributed by atoms with van der Waals surface area (Å²) in [6, 6.07) is 22.5. The van der Waals surface area contributed by atoms with Crippen LogP contribution in [0.1, 0.15) is 26.3 Å². The molecule has 7 nitrogen and oxygen atoms in total. The maximum absolute atomic E-state index is 13.5. The normalized spacial score (nSPS) is 10.3. The largest absolute Gasteiger partial charge is 0.497 e. The molecule has 0 aliphatic rings. The number of para-hydroxylation sites is 1. The van der Waals surface area contributed by atoms with E-state index in [0.29, 0.717) is 33.9 Å². The Balaban J connectivity index is 1.45. The van der Waals surface area contributed by atoms with Gasteiger partial charge in [-0.15, -0.1) is 0 Å². The SMILES string of the molecule is COc1ccc(C(=O)Nc2ccccc2C(=O)NCc2cccnc2Oc2cccc(F)c2)cc1. The second kappa shape index (κ2) is 10.9. The first-order chi connectivity index (χ1) is 17.0. The van der Waals surface area contributed by atoms with Gasteiger partial charge >= 0.3 is 0 Å². The van der Waals surface area contributed by atoms with Crippen molar-refractivity contribution in [3.8, 4) is 17.4 Å². The summed E-state index contributed by atoms with van der Waals surface area (Å²) in [6.07, 6.45) is 1.55. The van der Waals surface area contributed by atoms with E-state index in [1.807, 2.05) is 0 Å². The van der Waals surface area contributed by atoms with Gasteiger partial charge in [-0.2, -0.15) is 0 Å². The maximum Gasteiger partial charge on any atom is 0.255 e. The van der Waals surface area contributed by atoms with Crippen molar-refractivity contribution in [2.75, 3.05) is 12.4 Å². The Morgan fingerprint density at radius 2 is 1.69 bits per heavy atom. The van der Waals surface area contributed by atoms with Crippen molar-refractivity contribution in [1.29, 1.82) is 0 Å². The number of nitrogens with zero attached hydrogens (tertiary/aromatic N) is 1. The molecule has 4 rings (SSSR count). The molecule has 0 fully saturated rings. The number of rotatable bonds is 8. The molecule has 176 valence electrons. The predicted molar refractivity (Wildman–Crippen MR) is 129 cm³/mol. The first-order valence-electron chi connectivity index (χ1n) is 10.7. The van der Waals surface area contributed by atoms with E-state index in [0.717, 1.165) is 0 Å². The van der Waals surface area contributed by atoms with Gasteiger partial charge in [-0.1, -0.05) is 24.3 Å². The topological polar surface area (TPSA) is 89.5 Å². The number of carbonyl (C=O) groups excluding carboxylic acids is 2. The molecule has 3 aromatic carbocycles. The lowest BCUT2D eigenvalue weighted by Gasteiger charge is -2.13. The molecule has 0 spiro atoms. The fraction of sp³-hybridized carbons (Fsp3) is 0.0741. The van der Waals surface area contributed by atoms with Crippen LogP contribution in [-0.2, 0) is 6.54 Å². The summed E-state index contributed by atoms with van der Waals surface area (Å²) in [5.41, 5.74) is 1.69. The molecule has 0 saturated carbocycles. The number of pyridine rings is 1. The van der Waals surface area contributed by atoms with Gasteiger partial charge in [0.05, 0.1) is 18.4 Å². The van der Waals surface area contributed by atoms with Crippen LogP contribution in [0.25, 0.3) is 0 Å². The fourth-order valence-corrected chi connectivity index (χ4v) is 3.29. The van der Waals surface area contributed by atoms with Gasteiger partial charge in [0, 0.05) is 29.9 Å². The summed E-state index contributed by atoms with van der Waals surface area (Å²) in [5.74, 6) is 0.00328. The highest BCUT2D eigenvalue weighted by atomic mass is 19.1. The molecule has 0 saturated heterocycles. The average Bonchev–Trinajstić information content (AvgIpc) is 2.88. The number of aromatic nitrogens is 1. The van der Waals surface area contributed by atoms with E-state index >= 15 is 0 Å². The molecule has 0 aliphatic heterocycles. The van der Waals surface area contributed by atoms with Gasteiger partial charge in [0.25, 0.3) is 11.8 Å². The highest BCUT2D eigenvalue weighted by Gasteiger charge is 2.15. The molecule has 35 heavy (non-hydrogen) atoms. The van der Waals surface area contributed by atoms with Crippen molar-refractivity contribution in [3.63, 3.8) is 0 Å². The molecule has 0 aliphatic carbocycles. The van der Waals surface area contributed by atoms with Gasteiger partial charge in [0.2, 0.25) is 5.88 Å². The van der Waals surface area contributed by atoms with Crippen LogP contribution in [0.5, 0.6) is 17.4 Å². The Morgan fingerprint density at radius 1 is 0.886 bits per heavy atom. The third kappa shape index (κ3) is 6.00. The summed E-state index contributed by atoms with van der Waals surface area (Å²) in [7, 11) is 1.55. The van der Waals surface area contributed by atoms with E-state index in [4.69, 9.17) is 9.47 Å². The lowest BCUT2D eigenvalue weighted by atomic mass is 10.1. The summed E-state index contributed by atoms with van der Waals surface area (Å²) in [5, 5.41) is 5.60. The van der Waals surface area contributed by atoms with Crippen LogP contribution in [0.2, 0.25) is 0 Å². The van der Waals surface area contributed by atoms with Crippen molar-refractivity contribution in [1.82, 2.24) is 10.3 Å². The number of carbonyl (C=O) groups is 2. The minimum Gasteiger partial charge on any atom is -0.497 e. The number of hydrogen-bond acceptors (Lipinski definition) is 5. The van der Waals surface area contributed by atoms with Gasteiger partial charge in [-0.3, -0.25) is 9.59 Å². The third-order valence-corrected chi connectivity index (χ3v) is 5.07. The first kappa shape index (κ1) is 23.4. The maximum atomic E-state index is 13.5. The second-order valence-corrected chi connectivity index (χ2v) is 7.44. The molecule has 4 aromatic rings. The minimum atomic E-state index is -0.429. The van der Waals surface area contributed by atoms with Crippen LogP contribution in [0, 0.1) is 5.82 Å². The van der Waals surface area contributed by atoms with Gasteiger partial charge in [0.15, 0.2) is 0 Å². The number of hydrogen-bond donors (Lipinski definition) is 2. The number of ether oxygens (including phenoxy) is 2. The number of nitrogens with one attached hydrogen (secondary N) is 2. The monoisotopic (exact) mass is 471 g/mol. The van der Waals surface area contributed by atoms with Crippen LogP contribution in [0.15, 0.2) is 91.1 Å². The summed E-state index contributed by atoms with van der Waals surface area (Å²) in [4.78, 5) is 29.8. The Morgan fingerprint density at radius 3 is 2.46 bits per heavy atom. The highest BCUT2D eigenvalue weighted by Crippen LogP contribution is 2.24. The molecule has 8 heteroatoms. The predicted octanol–water partition coefficient (Wildman–Crippen LogP) is 5.20. The number of anilines is 1. The third-order valence-electron chi connectivity index (χ3n) is 5.07. The Labute approximate surface area is 201 Å². The van der Waals surface area contributed by atoms with Crippen molar-refractivity contribution in [2.45, 2.75) is 6.54 Å². The van der Waals surface area contributed by atoms with Crippen molar-refractivity contribution >= 4 is 17.5 Å². The van der Waals surface area contributed by atoms with Gasteiger partial charge in [0.1, 0.15) is 17.3 Å². The zero-order valence-electron chi connectivity index (χ0n) is 18.8. The van der Waals surface area contributed by atoms with E-state index in [-0.39, 0.29) is 18.3 Å². The lowest BCUT2D eigenvalue weighted by Crippen LogP contribution is -2.25. The van der Waals surface area contributed by atoms with Crippen LogP contribution >= 0.6 is 0 Å². The first-order valence-corrected chi connectivity index (χ1v) is 10.7. The molecule has 0 atom stereocenters. The second-order valence-electron chi connectivity index (χ2n) is 7.44. The standard InChI is InChI=1S/C27H22FN3O4/c1-34-21-13-11-18(12-14-21)25(32)31-24-10-3-2-9-23(24)26(33)30-17-19-6-5-15-29-27(19)35-22-8-4-7-20(28)16-22/h2-16H,17H2,1H3,(H,30,33)(H,31,32). The van der Waals surface area contributed by atoms with E-state index in [9.17, 15) is 14.0 Å². The molecule has 2 amide bonds. The molecule has 2 N–H and O–H groups in total. The van der Waals surface area contributed by atoms with Crippen LogP contribution < -0.4 is 20.1 Å². The molecular formula is C27H22FN3O4. The average molecular weight is 471 g/mol. The van der Waals surface area contributed by atoms with Crippen molar-refractivity contribution in [2.24, 2.45) is 0 Å². The van der Waals surface area contributed by atoms with Crippen molar-refractivity contribution in [3.05, 3.63) is 114 Å². The Bertz CT molecular complexity index is 1340. The van der Waals surface area contributed by atoms with Crippen LogP contribution in [-0.4, -0.2) is 23.9 Å². The van der Waals surface area contributed by atoms with Crippen molar-refractivity contribution < 1.29 is 23.5 Å². The quantitative estimate of drug-likeness (QED) is 0.369. The Hall–Kier alpha value is -4.72. The smallest absolute Gasteiger partial charge is 0.255 e. The van der Waals surface area contributed by atoms with Gasteiger partial charge in [-0.25, -0.2) is 9.37 Å². The van der Waals surface area contributed by atoms with E-state index in [1.54, 1.807) is 80.0 Å². The molecular weight excluding hydrogens is 449 g/mol.